The zero-order valence-electron chi connectivity index (χ0n) is 12.0. The number of benzene rings is 1. The fourth-order valence-electron chi connectivity index (χ4n) is 2.34. The molecule has 2 heterocycles. The Balaban J connectivity index is 1.66. The van der Waals surface area contributed by atoms with Crippen LogP contribution in [0.3, 0.4) is 0 Å². The Hall–Kier alpha value is -1.88. The third-order valence-electron chi connectivity index (χ3n) is 3.58. The Kier molecular flexibility index (Phi) is 3.22. The maximum Gasteiger partial charge on any atom is 0.122 e. The molecule has 1 aliphatic heterocycles. The van der Waals surface area contributed by atoms with E-state index in [4.69, 9.17) is 10.5 Å². The van der Waals surface area contributed by atoms with Gasteiger partial charge >= 0.3 is 0 Å². The smallest absolute Gasteiger partial charge is 0.122 e. The molecule has 1 aromatic heterocycles. The number of fused-ring (bicyclic) bond motifs is 1. The first-order valence-corrected chi connectivity index (χ1v) is 6.96. The van der Waals surface area contributed by atoms with Crippen LogP contribution in [0.2, 0.25) is 0 Å². The van der Waals surface area contributed by atoms with E-state index in [1.54, 1.807) is 0 Å². The van der Waals surface area contributed by atoms with Crippen LogP contribution in [0.15, 0.2) is 24.4 Å². The molecule has 20 heavy (non-hydrogen) atoms. The van der Waals surface area contributed by atoms with E-state index in [-0.39, 0.29) is 0 Å². The summed E-state index contributed by atoms with van der Waals surface area (Å²) in [6, 6.07) is 6.41. The molecule has 2 N–H and O–H groups in total. The Labute approximate surface area is 118 Å². The van der Waals surface area contributed by atoms with Gasteiger partial charge < -0.3 is 10.5 Å². The van der Waals surface area contributed by atoms with Crippen molar-refractivity contribution in [2.75, 3.05) is 6.61 Å². The molecule has 0 atom stereocenters. The van der Waals surface area contributed by atoms with E-state index >= 15 is 0 Å². The minimum absolute atomic E-state index is 0.441. The van der Waals surface area contributed by atoms with Gasteiger partial charge in [0, 0.05) is 13.0 Å². The molecule has 0 unspecified atom stereocenters. The molecule has 0 amide bonds. The summed E-state index contributed by atoms with van der Waals surface area (Å²) >= 11 is 0. The second-order valence-corrected chi connectivity index (χ2v) is 5.88. The molecule has 0 radical (unpaired) electrons. The standard InChI is InChI=1S/C15H20N4O/c1-15(2,16)14-10-19(18-17-14)7-5-11-3-4-13-12(9-11)6-8-20-13/h3-4,9-10H,5-8,16H2,1-2H3. The molecule has 5 nitrogen and oxygen atoms in total. The topological polar surface area (TPSA) is 66.0 Å². The summed E-state index contributed by atoms with van der Waals surface area (Å²) in [4.78, 5) is 0. The van der Waals surface area contributed by atoms with Gasteiger partial charge in [-0.25, -0.2) is 0 Å². The van der Waals surface area contributed by atoms with Gasteiger partial charge in [0.15, 0.2) is 0 Å². The SMILES string of the molecule is CC(C)(N)c1cn(CCc2ccc3c(c2)CCO3)nn1. The Morgan fingerprint density at radius 3 is 3.00 bits per heavy atom. The van der Waals surface area contributed by atoms with Gasteiger partial charge in [-0.3, -0.25) is 4.68 Å². The maximum atomic E-state index is 6.01. The molecule has 0 saturated carbocycles. The highest BCUT2D eigenvalue weighted by molar-refractivity contribution is 5.39. The quantitative estimate of drug-likeness (QED) is 0.919. The minimum Gasteiger partial charge on any atom is -0.493 e. The van der Waals surface area contributed by atoms with Crippen molar-refractivity contribution in [2.45, 2.75) is 38.8 Å². The molecule has 0 bridgehead atoms. The molecular weight excluding hydrogens is 252 g/mol. The number of hydrogen-bond acceptors (Lipinski definition) is 4. The van der Waals surface area contributed by atoms with Gasteiger partial charge in [-0.2, -0.15) is 0 Å². The molecule has 0 fully saturated rings. The summed E-state index contributed by atoms with van der Waals surface area (Å²) in [6.45, 7) is 5.48. The van der Waals surface area contributed by atoms with Crippen LogP contribution >= 0.6 is 0 Å². The Morgan fingerprint density at radius 1 is 1.40 bits per heavy atom. The first-order valence-electron chi connectivity index (χ1n) is 6.96. The molecule has 0 aliphatic carbocycles. The van der Waals surface area contributed by atoms with Crippen molar-refractivity contribution in [2.24, 2.45) is 5.73 Å². The number of aromatic nitrogens is 3. The average Bonchev–Trinajstić information content (AvgIpc) is 3.04. The lowest BCUT2D eigenvalue weighted by Crippen LogP contribution is -2.29. The van der Waals surface area contributed by atoms with Crippen molar-refractivity contribution in [1.29, 1.82) is 0 Å². The molecule has 1 aromatic carbocycles. The molecule has 1 aliphatic rings. The highest BCUT2D eigenvalue weighted by Gasteiger charge is 2.18. The second-order valence-electron chi connectivity index (χ2n) is 5.88. The van der Waals surface area contributed by atoms with Gasteiger partial charge in [0.2, 0.25) is 0 Å². The Morgan fingerprint density at radius 2 is 2.25 bits per heavy atom. The van der Waals surface area contributed by atoms with Crippen LogP contribution < -0.4 is 10.5 Å². The summed E-state index contributed by atoms with van der Waals surface area (Å²) in [5.74, 6) is 1.03. The monoisotopic (exact) mass is 272 g/mol. The van der Waals surface area contributed by atoms with E-state index < -0.39 is 5.54 Å². The van der Waals surface area contributed by atoms with E-state index in [0.717, 1.165) is 37.4 Å². The van der Waals surface area contributed by atoms with Crippen LogP contribution in [-0.2, 0) is 24.9 Å². The lowest BCUT2D eigenvalue weighted by molar-refractivity contribution is 0.357. The summed E-state index contributed by atoms with van der Waals surface area (Å²) in [6.07, 6.45) is 3.87. The van der Waals surface area contributed by atoms with E-state index in [2.05, 4.69) is 28.5 Å². The van der Waals surface area contributed by atoms with Crippen LogP contribution in [0.4, 0.5) is 0 Å². The van der Waals surface area contributed by atoms with Crippen LogP contribution in [-0.4, -0.2) is 21.6 Å². The van der Waals surface area contributed by atoms with E-state index in [0.29, 0.717) is 0 Å². The van der Waals surface area contributed by atoms with Crippen LogP contribution in [0.25, 0.3) is 0 Å². The summed E-state index contributed by atoms with van der Waals surface area (Å²) in [5, 5.41) is 8.26. The van der Waals surface area contributed by atoms with Crippen molar-refractivity contribution in [3.8, 4) is 5.75 Å². The lowest BCUT2D eigenvalue weighted by Gasteiger charge is -2.13. The molecule has 106 valence electrons. The van der Waals surface area contributed by atoms with Gasteiger partial charge in [0.05, 0.1) is 18.3 Å². The van der Waals surface area contributed by atoms with Gasteiger partial charge in [-0.15, -0.1) is 5.10 Å². The van der Waals surface area contributed by atoms with Crippen LogP contribution in [0.1, 0.15) is 30.7 Å². The predicted molar refractivity (Wildman–Crippen MR) is 76.6 cm³/mol. The van der Waals surface area contributed by atoms with Gasteiger partial charge in [0.1, 0.15) is 11.4 Å². The van der Waals surface area contributed by atoms with E-state index in [9.17, 15) is 0 Å². The fraction of sp³-hybridized carbons (Fsp3) is 0.467. The predicted octanol–water partition coefficient (Wildman–Crippen LogP) is 1.65. The van der Waals surface area contributed by atoms with Gasteiger partial charge in [-0.1, -0.05) is 17.3 Å². The highest BCUT2D eigenvalue weighted by Crippen LogP contribution is 2.26. The number of nitrogens with two attached hydrogens (primary N) is 1. The number of aryl methyl sites for hydroxylation is 2. The largest absolute Gasteiger partial charge is 0.493 e. The van der Waals surface area contributed by atoms with Crippen molar-refractivity contribution < 1.29 is 4.74 Å². The first-order chi connectivity index (χ1) is 9.52. The van der Waals surface area contributed by atoms with Gasteiger partial charge in [0.25, 0.3) is 0 Å². The van der Waals surface area contributed by atoms with Crippen LogP contribution in [0.5, 0.6) is 5.75 Å². The summed E-state index contributed by atoms with van der Waals surface area (Å²) in [5.41, 5.74) is 9.00. The molecule has 3 rings (SSSR count). The molecule has 5 heteroatoms. The molecule has 0 spiro atoms. The van der Waals surface area contributed by atoms with E-state index in [1.807, 2.05) is 24.7 Å². The number of nitrogens with zero attached hydrogens (tertiary/aromatic N) is 3. The molecule has 2 aromatic rings. The van der Waals surface area contributed by atoms with Gasteiger partial charge in [-0.05, 0) is 37.5 Å². The third kappa shape index (κ3) is 2.67. The zero-order chi connectivity index (χ0) is 14.2. The molecule has 0 saturated heterocycles. The number of rotatable bonds is 4. The van der Waals surface area contributed by atoms with Crippen molar-refractivity contribution in [3.63, 3.8) is 0 Å². The third-order valence-corrected chi connectivity index (χ3v) is 3.58. The number of ether oxygens (including phenoxy) is 1. The minimum atomic E-state index is -0.441. The fourth-order valence-corrected chi connectivity index (χ4v) is 2.34. The van der Waals surface area contributed by atoms with Crippen molar-refractivity contribution >= 4 is 0 Å². The van der Waals surface area contributed by atoms with E-state index in [1.165, 1.54) is 11.1 Å². The molecular formula is C15H20N4O. The zero-order valence-corrected chi connectivity index (χ0v) is 12.0. The first kappa shape index (κ1) is 13.1. The second kappa shape index (κ2) is 4.90. The summed E-state index contributed by atoms with van der Waals surface area (Å²) in [7, 11) is 0. The normalized spacial score (nSPS) is 14.2. The average molecular weight is 272 g/mol. The van der Waals surface area contributed by atoms with Crippen molar-refractivity contribution in [1.82, 2.24) is 15.0 Å². The highest BCUT2D eigenvalue weighted by atomic mass is 16.5. The number of hydrogen-bond donors (Lipinski definition) is 1. The van der Waals surface area contributed by atoms with Crippen LogP contribution in [0, 0.1) is 0 Å². The summed E-state index contributed by atoms with van der Waals surface area (Å²) < 4.78 is 7.37. The van der Waals surface area contributed by atoms with Crippen molar-refractivity contribution in [3.05, 3.63) is 41.2 Å². The Bertz CT molecular complexity index is 613. The lowest BCUT2D eigenvalue weighted by atomic mass is 10.0. The maximum absolute atomic E-state index is 6.01.